The molecular weight excluding hydrogens is 450 g/mol. The van der Waals surface area contributed by atoms with E-state index in [9.17, 15) is 9.59 Å². The molecule has 178 valence electrons. The Balaban J connectivity index is 1.34. The van der Waals surface area contributed by atoms with Crippen LogP contribution in [0, 0.1) is 0 Å². The molecule has 9 heteroatoms. The summed E-state index contributed by atoms with van der Waals surface area (Å²) in [5, 5.41) is 8.49. The van der Waals surface area contributed by atoms with Crippen molar-refractivity contribution < 1.29 is 14.3 Å². The Hall–Kier alpha value is -3.46. The highest BCUT2D eigenvalue weighted by Gasteiger charge is 2.24. The number of hydrogen-bond donors (Lipinski definition) is 2. The number of anilines is 2. The first-order chi connectivity index (χ1) is 16.5. The Morgan fingerprint density at radius 3 is 2.59 bits per heavy atom. The molecule has 1 aromatic carbocycles. The third kappa shape index (κ3) is 6.11. The summed E-state index contributed by atoms with van der Waals surface area (Å²) in [4.78, 5) is 34.6. The van der Waals surface area contributed by atoms with Crippen LogP contribution in [0.3, 0.4) is 0 Å². The molecular formula is C25H29N5O3S. The van der Waals surface area contributed by atoms with Crippen LogP contribution >= 0.6 is 11.3 Å². The van der Waals surface area contributed by atoms with Crippen molar-refractivity contribution in [1.82, 2.24) is 15.3 Å². The molecule has 1 fully saturated rings. The van der Waals surface area contributed by atoms with Crippen LogP contribution in [0.25, 0.3) is 11.3 Å². The van der Waals surface area contributed by atoms with Crippen LogP contribution in [-0.4, -0.2) is 41.6 Å². The standard InChI is InChI=1S/C25H29N5O3S/c1-3-26-25(32)33-15-21-16-34-24(28-21)19-11-13-30(14-12-19)23-6-4-5-22(29-23)18-7-9-20(10-8-18)27-17(2)31/h4-10,16,19H,3,11-15H2,1-2H3,(H,26,32)(H,27,31). The van der Waals surface area contributed by atoms with Gasteiger partial charge < -0.3 is 20.3 Å². The SMILES string of the molecule is CCNC(=O)OCc1csc(C2CCN(c3cccc(-c4ccc(NC(C)=O)cc4)n3)CC2)n1. The van der Waals surface area contributed by atoms with Gasteiger partial charge in [0.15, 0.2) is 0 Å². The second kappa shape index (κ2) is 11.1. The number of benzene rings is 1. The number of pyridine rings is 1. The predicted octanol–water partition coefficient (Wildman–Crippen LogP) is 4.79. The number of thiazole rings is 1. The molecule has 1 saturated heterocycles. The molecule has 34 heavy (non-hydrogen) atoms. The highest BCUT2D eigenvalue weighted by Crippen LogP contribution is 2.32. The molecule has 0 aliphatic carbocycles. The molecule has 0 unspecified atom stereocenters. The number of ether oxygens (including phenoxy) is 1. The zero-order chi connectivity index (χ0) is 23.9. The summed E-state index contributed by atoms with van der Waals surface area (Å²) in [6.07, 6.45) is 1.59. The Morgan fingerprint density at radius 1 is 1.12 bits per heavy atom. The van der Waals surface area contributed by atoms with Gasteiger partial charge in [-0.1, -0.05) is 18.2 Å². The van der Waals surface area contributed by atoms with Crippen molar-refractivity contribution in [1.29, 1.82) is 0 Å². The van der Waals surface area contributed by atoms with E-state index in [-0.39, 0.29) is 12.5 Å². The van der Waals surface area contributed by atoms with E-state index >= 15 is 0 Å². The lowest BCUT2D eigenvalue weighted by Crippen LogP contribution is -2.33. The Kier molecular flexibility index (Phi) is 7.74. The molecule has 3 aromatic rings. The first-order valence-electron chi connectivity index (χ1n) is 11.5. The molecule has 0 spiro atoms. The van der Waals surface area contributed by atoms with Crippen LogP contribution in [0.4, 0.5) is 16.3 Å². The highest BCUT2D eigenvalue weighted by molar-refractivity contribution is 7.09. The number of piperidine rings is 1. The third-order valence-electron chi connectivity index (χ3n) is 5.65. The molecule has 2 aromatic heterocycles. The summed E-state index contributed by atoms with van der Waals surface area (Å²) in [6.45, 7) is 5.91. The van der Waals surface area contributed by atoms with Gasteiger partial charge in [-0.3, -0.25) is 4.79 Å². The van der Waals surface area contributed by atoms with Crippen molar-refractivity contribution >= 4 is 34.8 Å². The minimum atomic E-state index is -0.413. The van der Waals surface area contributed by atoms with E-state index in [0.717, 1.165) is 59.4 Å². The monoisotopic (exact) mass is 479 g/mol. The molecule has 1 aliphatic heterocycles. The second-order valence-electron chi connectivity index (χ2n) is 8.18. The number of carbonyl (C=O) groups excluding carboxylic acids is 2. The predicted molar refractivity (Wildman–Crippen MR) is 134 cm³/mol. The van der Waals surface area contributed by atoms with E-state index < -0.39 is 6.09 Å². The number of amides is 2. The van der Waals surface area contributed by atoms with Crippen molar-refractivity contribution in [2.45, 2.75) is 39.2 Å². The highest BCUT2D eigenvalue weighted by atomic mass is 32.1. The van der Waals surface area contributed by atoms with Gasteiger partial charge in [0.2, 0.25) is 5.91 Å². The summed E-state index contributed by atoms with van der Waals surface area (Å²) in [5.41, 5.74) is 3.49. The van der Waals surface area contributed by atoms with Crippen molar-refractivity contribution in [3.05, 3.63) is 58.5 Å². The fourth-order valence-corrected chi connectivity index (χ4v) is 4.93. The van der Waals surface area contributed by atoms with Crippen LogP contribution in [0.1, 0.15) is 43.3 Å². The lowest BCUT2D eigenvalue weighted by molar-refractivity contribution is -0.114. The lowest BCUT2D eigenvalue weighted by Gasteiger charge is -2.32. The molecule has 1 aliphatic rings. The molecule has 0 radical (unpaired) electrons. The summed E-state index contributed by atoms with van der Waals surface area (Å²) in [6, 6.07) is 13.8. The van der Waals surface area contributed by atoms with Crippen LogP contribution in [-0.2, 0) is 16.1 Å². The number of nitrogens with one attached hydrogen (secondary N) is 2. The number of alkyl carbamates (subject to hydrolysis) is 1. The van der Waals surface area contributed by atoms with Crippen LogP contribution < -0.4 is 15.5 Å². The first kappa shape index (κ1) is 23.7. The van der Waals surface area contributed by atoms with Gasteiger partial charge in [-0.15, -0.1) is 11.3 Å². The molecule has 0 bridgehead atoms. The summed E-state index contributed by atoms with van der Waals surface area (Å²) >= 11 is 1.64. The smallest absolute Gasteiger partial charge is 0.407 e. The third-order valence-corrected chi connectivity index (χ3v) is 6.70. The summed E-state index contributed by atoms with van der Waals surface area (Å²) < 4.78 is 5.17. The minimum Gasteiger partial charge on any atom is -0.443 e. The summed E-state index contributed by atoms with van der Waals surface area (Å²) in [7, 11) is 0. The van der Waals surface area contributed by atoms with E-state index in [1.807, 2.05) is 48.7 Å². The fourth-order valence-electron chi connectivity index (χ4n) is 3.95. The summed E-state index contributed by atoms with van der Waals surface area (Å²) in [5.74, 6) is 1.29. The molecule has 4 rings (SSSR count). The fraction of sp³-hybridized carbons (Fsp3) is 0.360. The topological polar surface area (TPSA) is 96.5 Å². The van der Waals surface area contributed by atoms with Crippen LogP contribution in [0.2, 0.25) is 0 Å². The Bertz CT molecular complexity index is 1120. The number of carbonyl (C=O) groups is 2. The zero-order valence-corrected chi connectivity index (χ0v) is 20.2. The number of nitrogens with zero attached hydrogens (tertiary/aromatic N) is 3. The van der Waals surface area contributed by atoms with E-state index in [0.29, 0.717) is 12.5 Å². The van der Waals surface area contributed by atoms with Gasteiger partial charge in [-0.05, 0) is 44.0 Å². The van der Waals surface area contributed by atoms with Gasteiger partial charge in [-0.2, -0.15) is 0 Å². The van der Waals surface area contributed by atoms with Crippen molar-refractivity contribution in [2.24, 2.45) is 0 Å². The first-order valence-corrected chi connectivity index (χ1v) is 12.3. The van der Waals surface area contributed by atoms with E-state index in [2.05, 4.69) is 21.6 Å². The molecule has 2 amide bonds. The van der Waals surface area contributed by atoms with Gasteiger partial charge in [0.1, 0.15) is 12.4 Å². The number of aromatic nitrogens is 2. The second-order valence-corrected chi connectivity index (χ2v) is 9.07. The maximum atomic E-state index is 11.5. The Labute approximate surface area is 203 Å². The minimum absolute atomic E-state index is 0.0852. The van der Waals surface area contributed by atoms with Crippen molar-refractivity contribution in [3.8, 4) is 11.3 Å². The van der Waals surface area contributed by atoms with E-state index in [1.165, 1.54) is 6.92 Å². The molecule has 0 atom stereocenters. The average Bonchev–Trinajstić information content (AvgIpc) is 3.32. The average molecular weight is 480 g/mol. The number of rotatable bonds is 7. The molecule has 0 saturated carbocycles. The molecule has 2 N–H and O–H groups in total. The lowest BCUT2D eigenvalue weighted by atomic mass is 9.97. The Morgan fingerprint density at radius 2 is 1.88 bits per heavy atom. The van der Waals surface area contributed by atoms with Gasteiger partial charge in [0.05, 0.1) is 16.4 Å². The van der Waals surface area contributed by atoms with Crippen LogP contribution in [0.5, 0.6) is 0 Å². The molecule has 8 nitrogen and oxygen atoms in total. The van der Waals surface area contributed by atoms with E-state index in [4.69, 9.17) is 14.7 Å². The van der Waals surface area contributed by atoms with Crippen molar-refractivity contribution in [2.75, 3.05) is 29.9 Å². The van der Waals surface area contributed by atoms with Gasteiger partial charge in [0, 0.05) is 49.1 Å². The quantitative estimate of drug-likeness (QED) is 0.506. The van der Waals surface area contributed by atoms with E-state index in [1.54, 1.807) is 11.3 Å². The van der Waals surface area contributed by atoms with Gasteiger partial charge in [-0.25, -0.2) is 14.8 Å². The maximum absolute atomic E-state index is 11.5. The van der Waals surface area contributed by atoms with Crippen molar-refractivity contribution in [3.63, 3.8) is 0 Å². The molecule has 3 heterocycles. The number of hydrogen-bond acceptors (Lipinski definition) is 7. The van der Waals surface area contributed by atoms with Gasteiger partial charge in [0.25, 0.3) is 0 Å². The maximum Gasteiger partial charge on any atom is 0.407 e. The zero-order valence-electron chi connectivity index (χ0n) is 19.4. The normalized spacial score (nSPS) is 14.0. The van der Waals surface area contributed by atoms with Gasteiger partial charge >= 0.3 is 6.09 Å². The van der Waals surface area contributed by atoms with Crippen LogP contribution in [0.15, 0.2) is 47.8 Å². The largest absolute Gasteiger partial charge is 0.443 e.